The van der Waals surface area contributed by atoms with Gasteiger partial charge >= 0.3 is 0 Å². The van der Waals surface area contributed by atoms with Crippen LogP contribution in [0.5, 0.6) is 0 Å². The molecule has 8 heteroatoms. The second kappa shape index (κ2) is 4.43. The van der Waals surface area contributed by atoms with Gasteiger partial charge in [-0.3, -0.25) is 9.69 Å². The highest BCUT2D eigenvalue weighted by Crippen LogP contribution is 2.28. The van der Waals surface area contributed by atoms with Crippen LogP contribution in [0.1, 0.15) is 21.0 Å². The van der Waals surface area contributed by atoms with Gasteiger partial charge < -0.3 is 0 Å². The van der Waals surface area contributed by atoms with Crippen LogP contribution in [0.25, 0.3) is 0 Å². The van der Waals surface area contributed by atoms with Crippen LogP contribution in [0.2, 0.25) is 0 Å². The van der Waals surface area contributed by atoms with Gasteiger partial charge in [0.1, 0.15) is 0 Å². The number of hydrogen-bond acceptors (Lipinski definition) is 5. The number of carbonyl (C=O) groups excluding carboxylic acids is 1. The number of carbonyl (C=O) groups is 1. The lowest BCUT2D eigenvalue weighted by Crippen LogP contribution is -2.37. The molecule has 3 rings (SSSR count). The summed E-state index contributed by atoms with van der Waals surface area (Å²) in [6.45, 7) is 3.40. The number of thiophene rings is 1. The molecular formula is C10H10BrN5OS. The standard InChI is InChI=1S/C10H10BrN5OS/c1-6-7(11)5-8(18-6)9(17)15-3-2-4-16-10(15)12-13-14-16/h5H,2-4H2,1H3. The fraction of sp³-hybridized carbons (Fsp3) is 0.400. The molecule has 6 nitrogen and oxygen atoms in total. The van der Waals surface area contributed by atoms with Gasteiger partial charge in [-0.2, -0.15) is 0 Å². The van der Waals surface area contributed by atoms with Crippen LogP contribution in [0.3, 0.4) is 0 Å². The number of fused-ring (bicyclic) bond motifs is 1. The van der Waals surface area contributed by atoms with Gasteiger partial charge in [0.25, 0.3) is 11.9 Å². The minimum atomic E-state index is -0.0375. The van der Waals surface area contributed by atoms with E-state index in [1.807, 2.05) is 13.0 Å². The number of aryl methyl sites for hydroxylation is 2. The third kappa shape index (κ3) is 1.85. The minimum absolute atomic E-state index is 0.0375. The quantitative estimate of drug-likeness (QED) is 0.801. The van der Waals surface area contributed by atoms with E-state index in [0.717, 1.165) is 22.3 Å². The molecule has 0 atom stereocenters. The molecular weight excluding hydrogens is 318 g/mol. The summed E-state index contributed by atoms with van der Waals surface area (Å²) in [5.41, 5.74) is 0. The summed E-state index contributed by atoms with van der Waals surface area (Å²) in [5, 5.41) is 11.4. The SMILES string of the molecule is Cc1sc(C(=O)N2CCCn3nnnc32)cc1Br. The van der Waals surface area contributed by atoms with E-state index in [1.165, 1.54) is 11.3 Å². The molecule has 0 N–H and O–H groups in total. The first-order valence-electron chi connectivity index (χ1n) is 5.51. The normalized spacial score (nSPS) is 14.7. The van der Waals surface area contributed by atoms with Gasteiger partial charge in [0.15, 0.2) is 0 Å². The topological polar surface area (TPSA) is 63.9 Å². The molecule has 1 amide bonds. The van der Waals surface area contributed by atoms with E-state index in [4.69, 9.17) is 0 Å². The van der Waals surface area contributed by atoms with E-state index < -0.39 is 0 Å². The summed E-state index contributed by atoms with van der Waals surface area (Å²) in [6.07, 6.45) is 0.870. The van der Waals surface area contributed by atoms with Gasteiger partial charge in [-0.15, -0.1) is 11.3 Å². The molecule has 0 aliphatic carbocycles. The predicted octanol–water partition coefficient (Wildman–Crippen LogP) is 1.86. The van der Waals surface area contributed by atoms with Crippen molar-refractivity contribution in [1.29, 1.82) is 0 Å². The maximum absolute atomic E-state index is 12.4. The van der Waals surface area contributed by atoms with Gasteiger partial charge in [-0.25, -0.2) is 4.68 Å². The van der Waals surface area contributed by atoms with E-state index in [9.17, 15) is 4.79 Å². The molecule has 0 aromatic carbocycles. The Labute approximate surface area is 116 Å². The minimum Gasteiger partial charge on any atom is -0.275 e. The highest BCUT2D eigenvalue weighted by Gasteiger charge is 2.27. The van der Waals surface area contributed by atoms with Gasteiger partial charge in [0.05, 0.1) is 4.88 Å². The summed E-state index contributed by atoms with van der Waals surface area (Å²) in [4.78, 5) is 15.9. The smallest absolute Gasteiger partial charge is 0.270 e. The molecule has 0 saturated carbocycles. The van der Waals surface area contributed by atoms with Crippen molar-refractivity contribution in [2.45, 2.75) is 19.9 Å². The molecule has 2 aromatic heterocycles. The Balaban J connectivity index is 1.95. The Morgan fingerprint density at radius 2 is 2.33 bits per heavy atom. The third-order valence-electron chi connectivity index (χ3n) is 2.82. The van der Waals surface area contributed by atoms with E-state index >= 15 is 0 Å². The summed E-state index contributed by atoms with van der Waals surface area (Å²) in [6, 6.07) is 1.85. The van der Waals surface area contributed by atoms with Crippen molar-refractivity contribution in [1.82, 2.24) is 20.2 Å². The number of rotatable bonds is 1. The van der Waals surface area contributed by atoms with Crippen LogP contribution < -0.4 is 4.90 Å². The summed E-state index contributed by atoms with van der Waals surface area (Å²) in [5.74, 6) is 0.498. The van der Waals surface area contributed by atoms with Crippen LogP contribution >= 0.6 is 27.3 Å². The first-order valence-corrected chi connectivity index (χ1v) is 7.12. The number of hydrogen-bond donors (Lipinski definition) is 0. The second-order valence-electron chi connectivity index (χ2n) is 4.03. The number of halogens is 1. The Morgan fingerprint density at radius 3 is 3.06 bits per heavy atom. The third-order valence-corrected chi connectivity index (χ3v) is 4.94. The molecule has 0 spiro atoms. The maximum Gasteiger partial charge on any atom is 0.270 e. The average Bonchev–Trinajstić information content (AvgIpc) is 2.95. The lowest BCUT2D eigenvalue weighted by Gasteiger charge is -2.24. The van der Waals surface area contributed by atoms with Gasteiger partial charge in [-0.05, 0) is 45.8 Å². The molecule has 2 aromatic rings. The number of amides is 1. The van der Waals surface area contributed by atoms with E-state index in [1.54, 1.807) is 9.58 Å². The summed E-state index contributed by atoms with van der Waals surface area (Å²) < 4.78 is 2.63. The number of anilines is 1. The molecule has 1 aliphatic rings. The van der Waals surface area contributed by atoms with Crippen LogP contribution in [0.4, 0.5) is 5.95 Å². The van der Waals surface area contributed by atoms with Crippen molar-refractivity contribution in [3.05, 3.63) is 20.3 Å². The van der Waals surface area contributed by atoms with Crippen LogP contribution in [0, 0.1) is 6.92 Å². The summed E-state index contributed by atoms with van der Waals surface area (Å²) in [7, 11) is 0. The van der Waals surface area contributed by atoms with Gasteiger partial charge in [0.2, 0.25) is 0 Å². The Hall–Kier alpha value is -1.28. The van der Waals surface area contributed by atoms with Crippen molar-refractivity contribution < 1.29 is 4.79 Å². The van der Waals surface area contributed by atoms with E-state index in [0.29, 0.717) is 17.4 Å². The molecule has 18 heavy (non-hydrogen) atoms. The van der Waals surface area contributed by atoms with Crippen molar-refractivity contribution in [2.75, 3.05) is 11.4 Å². The fourth-order valence-corrected chi connectivity index (χ4v) is 3.39. The molecule has 0 saturated heterocycles. The summed E-state index contributed by atoms with van der Waals surface area (Å²) >= 11 is 4.90. The monoisotopic (exact) mass is 327 g/mol. The Kier molecular flexibility index (Phi) is 2.90. The highest BCUT2D eigenvalue weighted by atomic mass is 79.9. The zero-order chi connectivity index (χ0) is 12.7. The van der Waals surface area contributed by atoms with Crippen molar-refractivity contribution in [3.63, 3.8) is 0 Å². The van der Waals surface area contributed by atoms with Crippen LogP contribution in [-0.4, -0.2) is 32.7 Å². The number of nitrogens with zero attached hydrogens (tertiary/aromatic N) is 5. The molecule has 1 aliphatic heterocycles. The first kappa shape index (κ1) is 11.8. The van der Waals surface area contributed by atoms with Crippen molar-refractivity contribution in [2.24, 2.45) is 0 Å². The number of aromatic nitrogens is 4. The second-order valence-corrected chi connectivity index (χ2v) is 6.14. The Morgan fingerprint density at radius 1 is 1.50 bits per heavy atom. The molecule has 94 valence electrons. The molecule has 0 fully saturated rings. The molecule has 0 bridgehead atoms. The average molecular weight is 328 g/mol. The van der Waals surface area contributed by atoms with Crippen molar-refractivity contribution in [3.8, 4) is 0 Å². The fourth-order valence-electron chi connectivity index (χ4n) is 1.91. The maximum atomic E-state index is 12.4. The lowest BCUT2D eigenvalue weighted by atomic mass is 10.3. The molecule has 3 heterocycles. The zero-order valence-electron chi connectivity index (χ0n) is 9.63. The molecule has 0 radical (unpaired) electrons. The zero-order valence-corrected chi connectivity index (χ0v) is 12.0. The molecule has 0 unspecified atom stereocenters. The van der Waals surface area contributed by atoms with E-state index in [2.05, 4.69) is 31.5 Å². The van der Waals surface area contributed by atoms with E-state index in [-0.39, 0.29) is 5.91 Å². The Bertz CT molecular complexity index is 588. The largest absolute Gasteiger partial charge is 0.275 e. The first-order chi connectivity index (χ1) is 8.66. The van der Waals surface area contributed by atoms with Crippen LogP contribution in [0.15, 0.2) is 10.5 Å². The highest BCUT2D eigenvalue weighted by molar-refractivity contribution is 9.10. The van der Waals surface area contributed by atoms with Gasteiger partial charge in [-0.1, -0.05) is 5.10 Å². The lowest BCUT2D eigenvalue weighted by molar-refractivity contribution is 0.0984. The number of tetrazole rings is 1. The van der Waals surface area contributed by atoms with Crippen molar-refractivity contribution >= 4 is 39.1 Å². The van der Waals surface area contributed by atoms with Gasteiger partial charge in [0, 0.05) is 22.4 Å². The van der Waals surface area contributed by atoms with Crippen LogP contribution in [-0.2, 0) is 6.54 Å². The predicted molar refractivity (Wildman–Crippen MR) is 70.9 cm³/mol.